The van der Waals surface area contributed by atoms with Gasteiger partial charge in [-0.15, -0.1) is 0 Å². The van der Waals surface area contributed by atoms with E-state index in [-0.39, 0.29) is 18.3 Å². The van der Waals surface area contributed by atoms with Crippen molar-refractivity contribution < 1.29 is 4.79 Å². The fraction of sp³-hybridized carbons (Fsp3) is 0.950. The van der Waals surface area contributed by atoms with E-state index in [9.17, 15) is 4.79 Å². The number of hydrogen-bond donors (Lipinski definition) is 0. The standard InChI is InChI=1S/C11H22O.C8H18.CH4/c1-9(12)7-8-11(5,6)10(2,3)4;1-7(2,3)8(4,5)6;/h7-8H2,1-6H3;1-6H3;1H4. The second kappa shape index (κ2) is 8.34. The van der Waals surface area contributed by atoms with Gasteiger partial charge in [-0.1, -0.05) is 83.6 Å². The Morgan fingerprint density at radius 2 is 0.952 bits per heavy atom. The Hall–Kier alpha value is -0.330. The van der Waals surface area contributed by atoms with Crippen molar-refractivity contribution in [2.75, 3.05) is 0 Å². The predicted octanol–water partition coefficient (Wildman–Crippen LogP) is 7.14. The van der Waals surface area contributed by atoms with E-state index in [2.05, 4.69) is 76.2 Å². The lowest BCUT2D eigenvalue weighted by molar-refractivity contribution is -0.117. The van der Waals surface area contributed by atoms with Crippen LogP contribution in [0.2, 0.25) is 0 Å². The average molecular weight is 301 g/mol. The van der Waals surface area contributed by atoms with Crippen LogP contribution in [0.15, 0.2) is 0 Å². The van der Waals surface area contributed by atoms with Crippen LogP contribution in [0, 0.1) is 21.7 Å². The molecule has 0 spiro atoms. The number of hydrogen-bond acceptors (Lipinski definition) is 1. The zero-order valence-electron chi connectivity index (χ0n) is 16.3. The molecular weight excluding hydrogens is 256 g/mol. The molecule has 0 saturated heterocycles. The van der Waals surface area contributed by atoms with Crippen LogP contribution in [0.5, 0.6) is 0 Å². The van der Waals surface area contributed by atoms with Gasteiger partial charge < -0.3 is 4.79 Å². The zero-order chi connectivity index (χ0) is 17.0. The molecule has 0 aliphatic carbocycles. The summed E-state index contributed by atoms with van der Waals surface area (Å²) in [7, 11) is 0. The Kier molecular flexibility index (Phi) is 10.2. The highest BCUT2D eigenvalue weighted by Crippen LogP contribution is 2.41. The number of Topliss-reactive ketones (excluding diaryl/α,β-unsaturated/α-hetero) is 1. The molecule has 0 bridgehead atoms. The van der Waals surface area contributed by atoms with Gasteiger partial charge in [-0.2, -0.15) is 0 Å². The zero-order valence-corrected chi connectivity index (χ0v) is 16.3. The van der Waals surface area contributed by atoms with Gasteiger partial charge in [-0.05, 0) is 35.0 Å². The topological polar surface area (TPSA) is 17.1 Å². The molecule has 0 amide bonds. The molecule has 1 heteroatoms. The van der Waals surface area contributed by atoms with Crippen molar-refractivity contribution in [3.05, 3.63) is 0 Å². The molecule has 0 radical (unpaired) electrons. The smallest absolute Gasteiger partial charge is 0.129 e. The van der Waals surface area contributed by atoms with E-state index < -0.39 is 0 Å². The maximum absolute atomic E-state index is 10.8. The van der Waals surface area contributed by atoms with E-state index in [1.165, 1.54) is 0 Å². The molecule has 0 aromatic rings. The van der Waals surface area contributed by atoms with E-state index in [0.717, 1.165) is 6.42 Å². The average Bonchev–Trinajstić information content (AvgIpc) is 2.10. The monoisotopic (exact) mass is 300 g/mol. The van der Waals surface area contributed by atoms with Crippen molar-refractivity contribution in [3.8, 4) is 0 Å². The van der Waals surface area contributed by atoms with Crippen LogP contribution in [0.4, 0.5) is 0 Å². The summed E-state index contributed by atoms with van der Waals surface area (Å²) < 4.78 is 0. The SMILES string of the molecule is C.CC(=O)CCC(C)(C)C(C)(C)C.CC(C)(C)C(C)(C)C. The summed E-state index contributed by atoms with van der Waals surface area (Å²) >= 11 is 0. The normalized spacial score (nSPS) is 13.0. The molecule has 0 aliphatic rings. The molecule has 0 fully saturated rings. The van der Waals surface area contributed by atoms with E-state index >= 15 is 0 Å². The summed E-state index contributed by atoms with van der Waals surface area (Å²) in [5.74, 6) is 0.298. The van der Waals surface area contributed by atoms with Crippen LogP contribution in [-0.2, 0) is 4.79 Å². The lowest BCUT2D eigenvalue weighted by Gasteiger charge is -2.38. The molecule has 0 unspecified atom stereocenters. The van der Waals surface area contributed by atoms with Gasteiger partial charge >= 0.3 is 0 Å². The number of carbonyl (C=O) groups is 1. The third-order valence-electron chi connectivity index (χ3n) is 5.38. The summed E-state index contributed by atoms with van der Waals surface area (Å²) in [4.78, 5) is 10.8. The lowest BCUT2D eigenvalue weighted by Crippen LogP contribution is -2.29. The van der Waals surface area contributed by atoms with Gasteiger partial charge in [0, 0.05) is 6.42 Å². The molecular formula is C20H44O. The highest BCUT2D eigenvalue weighted by Gasteiger charge is 2.32. The Bertz CT molecular complexity index is 277. The highest BCUT2D eigenvalue weighted by atomic mass is 16.1. The molecule has 130 valence electrons. The summed E-state index contributed by atoms with van der Waals surface area (Å²) in [5, 5.41) is 0. The van der Waals surface area contributed by atoms with Crippen LogP contribution in [0.1, 0.15) is 103 Å². The van der Waals surface area contributed by atoms with Gasteiger partial charge in [0.05, 0.1) is 0 Å². The van der Waals surface area contributed by atoms with Crippen LogP contribution in [0.25, 0.3) is 0 Å². The molecule has 0 heterocycles. The van der Waals surface area contributed by atoms with Gasteiger partial charge in [0.25, 0.3) is 0 Å². The maximum atomic E-state index is 10.8. The first-order valence-corrected chi connectivity index (χ1v) is 7.91. The third-order valence-corrected chi connectivity index (χ3v) is 5.38. The van der Waals surface area contributed by atoms with E-state index in [0.29, 0.717) is 23.0 Å². The van der Waals surface area contributed by atoms with Crippen LogP contribution >= 0.6 is 0 Å². The molecule has 0 saturated carbocycles. The summed E-state index contributed by atoms with van der Waals surface area (Å²) in [6.45, 7) is 26.4. The molecule has 0 aliphatic heterocycles. The van der Waals surface area contributed by atoms with Gasteiger partial charge in [0.2, 0.25) is 0 Å². The van der Waals surface area contributed by atoms with Crippen LogP contribution in [-0.4, -0.2) is 5.78 Å². The number of rotatable bonds is 3. The Balaban J connectivity index is -0.000000317. The van der Waals surface area contributed by atoms with E-state index in [4.69, 9.17) is 0 Å². The number of carbonyl (C=O) groups excluding carboxylic acids is 1. The minimum absolute atomic E-state index is 0. The summed E-state index contributed by atoms with van der Waals surface area (Å²) in [6.07, 6.45) is 1.70. The predicted molar refractivity (Wildman–Crippen MR) is 98.8 cm³/mol. The van der Waals surface area contributed by atoms with Crippen LogP contribution < -0.4 is 0 Å². The van der Waals surface area contributed by atoms with Gasteiger partial charge in [-0.25, -0.2) is 0 Å². The molecule has 0 aromatic heterocycles. The number of ketones is 1. The molecule has 0 rings (SSSR count). The molecule has 1 nitrogen and oxygen atoms in total. The Labute approximate surface area is 136 Å². The fourth-order valence-electron chi connectivity index (χ4n) is 0.864. The van der Waals surface area contributed by atoms with Gasteiger partial charge in [0.15, 0.2) is 0 Å². The van der Waals surface area contributed by atoms with E-state index in [1.54, 1.807) is 6.92 Å². The minimum atomic E-state index is 0. The van der Waals surface area contributed by atoms with E-state index in [1.807, 2.05) is 0 Å². The molecule has 0 aromatic carbocycles. The Morgan fingerprint density at radius 3 is 1.10 bits per heavy atom. The quantitative estimate of drug-likeness (QED) is 0.541. The highest BCUT2D eigenvalue weighted by molar-refractivity contribution is 5.75. The fourth-order valence-corrected chi connectivity index (χ4v) is 0.864. The third kappa shape index (κ3) is 11.0. The van der Waals surface area contributed by atoms with Crippen molar-refractivity contribution in [3.63, 3.8) is 0 Å². The molecule has 0 N–H and O–H groups in total. The Morgan fingerprint density at radius 1 is 0.667 bits per heavy atom. The van der Waals surface area contributed by atoms with Crippen molar-refractivity contribution in [2.45, 2.75) is 103 Å². The lowest BCUT2D eigenvalue weighted by atomic mass is 9.67. The van der Waals surface area contributed by atoms with Gasteiger partial charge in [0.1, 0.15) is 5.78 Å². The summed E-state index contributed by atoms with van der Waals surface area (Å²) in [5.41, 5.74) is 1.40. The second-order valence-electron chi connectivity index (χ2n) is 9.84. The molecule has 21 heavy (non-hydrogen) atoms. The maximum Gasteiger partial charge on any atom is 0.129 e. The summed E-state index contributed by atoms with van der Waals surface area (Å²) in [6, 6.07) is 0. The first-order chi connectivity index (χ1) is 8.42. The first kappa shape index (κ1) is 25.6. The largest absolute Gasteiger partial charge is 0.300 e. The van der Waals surface area contributed by atoms with Crippen molar-refractivity contribution in [2.24, 2.45) is 21.7 Å². The van der Waals surface area contributed by atoms with Gasteiger partial charge in [-0.3, -0.25) is 0 Å². The van der Waals surface area contributed by atoms with Crippen molar-refractivity contribution in [1.82, 2.24) is 0 Å². The minimum Gasteiger partial charge on any atom is -0.300 e. The second-order valence-corrected chi connectivity index (χ2v) is 9.84. The van der Waals surface area contributed by atoms with Crippen molar-refractivity contribution >= 4 is 5.78 Å². The van der Waals surface area contributed by atoms with Crippen LogP contribution in [0.3, 0.4) is 0 Å². The molecule has 0 atom stereocenters. The first-order valence-electron chi connectivity index (χ1n) is 7.91. The van der Waals surface area contributed by atoms with Crippen molar-refractivity contribution in [1.29, 1.82) is 0 Å².